The Morgan fingerprint density at radius 3 is 2.54 bits per heavy atom. The Kier molecular flexibility index (Phi) is 5.01. The summed E-state index contributed by atoms with van der Waals surface area (Å²) >= 11 is 3.46. The van der Waals surface area contributed by atoms with Crippen molar-refractivity contribution in [3.8, 4) is 17.6 Å². The summed E-state index contributed by atoms with van der Waals surface area (Å²) in [6, 6.07) is 9.96. The van der Waals surface area contributed by atoms with Crippen molar-refractivity contribution in [2.45, 2.75) is 13.8 Å². The highest BCUT2D eigenvalue weighted by Crippen LogP contribution is 2.36. The van der Waals surface area contributed by atoms with E-state index in [9.17, 15) is 5.26 Å². The third-order valence-corrected chi connectivity index (χ3v) is 4.70. The van der Waals surface area contributed by atoms with Gasteiger partial charge in [-0.3, -0.25) is 0 Å². The van der Waals surface area contributed by atoms with Crippen molar-refractivity contribution in [1.82, 2.24) is 9.97 Å². The van der Waals surface area contributed by atoms with Gasteiger partial charge in [-0.1, -0.05) is 15.9 Å². The number of halogens is 1. The first-order valence-corrected chi connectivity index (χ1v) is 8.76. The summed E-state index contributed by atoms with van der Waals surface area (Å²) in [4.78, 5) is 7.80. The maximum Gasteiger partial charge on any atom is 0.168 e. The van der Waals surface area contributed by atoms with E-state index >= 15 is 0 Å². The van der Waals surface area contributed by atoms with Gasteiger partial charge in [-0.15, -0.1) is 0 Å². The lowest BCUT2D eigenvalue weighted by Gasteiger charge is -2.11. The van der Waals surface area contributed by atoms with Crippen LogP contribution in [0.4, 0.5) is 0 Å². The number of rotatable bonds is 4. The highest BCUT2D eigenvalue weighted by Gasteiger charge is 2.14. The number of fused-ring (bicyclic) bond motifs is 1. The van der Waals surface area contributed by atoms with Crippen LogP contribution in [0.5, 0.6) is 11.5 Å². The van der Waals surface area contributed by atoms with Crippen molar-refractivity contribution in [2.75, 3.05) is 14.2 Å². The number of nitrogens with zero attached hydrogens (tertiary/aromatic N) is 2. The Hall–Kier alpha value is -2.78. The summed E-state index contributed by atoms with van der Waals surface area (Å²) in [5.74, 6) is 1.67. The molecule has 5 nitrogen and oxygen atoms in total. The molecule has 0 saturated carbocycles. The van der Waals surface area contributed by atoms with Crippen LogP contribution in [0.3, 0.4) is 0 Å². The molecule has 1 aromatic heterocycles. The molecule has 0 saturated heterocycles. The van der Waals surface area contributed by atoms with Crippen LogP contribution in [0, 0.1) is 25.2 Å². The molecule has 0 aliphatic heterocycles. The van der Waals surface area contributed by atoms with Crippen LogP contribution in [0.2, 0.25) is 0 Å². The minimum Gasteiger partial charge on any atom is -0.493 e. The summed E-state index contributed by atoms with van der Waals surface area (Å²) in [7, 11) is 3.15. The molecule has 1 heterocycles. The number of hydrogen-bond acceptors (Lipinski definition) is 4. The monoisotopic (exact) mass is 411 g/mol. The maximum absolute atomic E-state index is 9.67. The molecule has 0 atom stereocenters. The second-order valence-electron chi connectivity index (χ2n) is 5.94. The number of benzene rings is 2. The van der Waals surface area contributed by atoms with Gasteiger partial charge < -0.3 is 14.5 Å². The lowest BCUT2D eigenvalue weighted by Crippen LogP contribution is -1.94. The fourth-order valence-corrected chi connectivity index (χ4v) is 3.23. The predicted octanol–water partition coefficient (Wildman–Crippen LogP) is 5.02. The van der Waals surface area contributed by atoms with Crippen LogP contribution < -0.4 is 9.47 Å². The van der Waals surface area contributed by atoms with Crippen LogP contribution in [-0.4, -0.2) is 24.2 Å². The molecule has 1 N–H and O–H groups in total. The molecular weight excluding hydrogens is 394 g/mol. The van der Waals surface area contributed by atoms with Crippen LogP contribution in [0.15, 0.2) is 28.7 Å². The number of imidazole rings is 1. The van der Waals surface area contributed by atoms with Gasteiger partial charge in [-0.2, -0.15) is 5.26 Å². The fraction of sp³-hybridized carbons (Fsp3) is 0.200. The molecule has 3 rings (SSSR count). The Morgan fingerprint density at radius 2 is 1.88 bits per heavy atom. The summed E-state index contributed by atoms with van der Waals surface area (Å²) < 4.78 is 11.7. The molecule has 3 aromatic rings. The summed E-state index contributed by atoms with van der Waals surface area (Å²) in [6.45, 7) is 4.10. The van der Waals surface area contributed by atoms with Crippen molar-refractivity contribution < 1.29 is 9.47 Å². The molecule has 132 valence electrons. The Labute approximate surface area is 160 Å². The van der Waals surface area contributed by atoms with Crippen molar-refractivity contribution >= 4 is 38.6 Å². The van der Waals surface area contributed by atoms with Gasteiger partial charge in [0.1, 0.15) is 11.9 Å². The van der Waals surface area contributed by atoms with Crippen LogP contribution in [0.1, 0.15) is 22.5 Å². The number of nitrogens with one attached hydrogen (secondary N) is 1. The van der Waals surface area contributed by atoms with E-state index in [0.29, 0.717) is 22.9 Å². The van der Waals surface area contributed by atoms with Crippen LogP contribution in [0.25, 0.3) is 22.7 Å². The van der Waals surface area contributed by atoms with E-state index in [1.807, 2.05) is 31.2 Å². The smallest absolute Gasteiger partial charge is 0.168 e. The number of aromatic nitrogens is 2. The van der Waals surface area contributed by atoms with Gasteiger partial charge in [0, 0.05) is 10.0 Å². The summed E-state index contributed by atoms with van der Waals surface area (Å²) in [5.41, 5.74) is 5.22. The third-order valence-electron chi connectivity index (χ3n) is 4.25. The Morgan fingerprint density at radius 1 is 1.15 bits per heavy atom. The molecule has 26 heavy (non-hydrogen) atoms. The lowest BCUT2D eigenvalue weighted by molar-refractivity contribution is 0.354. The number of ether oxygens (including phenoxy) is 2. The van der Waals surface area contributed by atoms with E-state index < -0.39 is 0 Å². The summed E-state index contributed by atoms with van der Waals surface area (Å²) in [5, 5.41) is 9.67. The molecule has 2 aromatic carbocycles. The molecule has 0 unspecified atom stereocenters. The largest absolute Gasteiger partial charge is 0.493 e. The van der Waals surface area contributed by atoms with Gasteiger partial charge in [-0.05, 0) is 55.3 Å². The Bertz CT molecular complexity index is 1020. The standard InChI is InChI=1S/C20H18BrN3O2/c1-11-5-16-17(6-12(11)2)24-20(23-16)14(10-22)7-13-8-15(21)9-18(25-3)19(13)26-4/h5-9H,1-4H3,(H,23,24)/b14-7-. The maximum atomic E-state index is 9.67. The normalized spacial score (nSPS) is 11.5. The van der Waals surface area contributed by atoms with Crippen LogP contribution in [-0.2, 0) is 0 Å². The molecule has 6 heteroatoms. The van der Waals surface area contributed by atoms with Gasteiger partial charge in [-0.25, -0.2) is 4.98 Å². The quantitative estimate of drug-likeness (QED) is 0.611. The SMILES string of the molecule is COc1cc(Br)cc(/C=C(/C#N)c2nc3cc(C)c(C)cc3[nH]2)c1OC. The number of aryl methyl sites for hydroxylation is 2. The minimum atomic E-state index is 0.412. The van der Waals surface area contributed by atoms with Crippen LogP contribution >= 0.6 is 15.9 Å². The van der Waals surface area contributed by atoms with Gasteiger partial charge in [0.15, 0.2) is 11.5 Å². The summed E-state index contributed by atoms with van der Waals surface area (Å²) in [6.07, 6.45) is 1.74. The topological polar surface area (TPSA) is 70.9 Å². The highest BCUT2D eigenvalue weighted by atomic mass is 79.9. The van der Waals surface area contributed by atoms with Gasteiger partial charge in [0.2, 0.25) is 0 Å². The number of aromatic amines is 1. The van der Waals surface area contributed by atoms with Crippen molar-refractivity contribution in [3.63, 3.8) is 0 Å². The third kappa shape index (κ3) is 3.31. The zero-order valence-corrected chi connectivity index (χ0v) is 16.6. The molecule has 0 fully saturated rings. The first-order valence-electron chi connectivity index (χ1n) is 7.97. The van der Waals surface area contributed by atoms with Crippen molar-refractivity contribution in [2.24, 2.45) is 0 Å². The number of methoxy groups -OCH3 is 2. The molecule has 0 spiro atoms. The van der Waals surface area contributed by atoms with Gasteiger partial charge in [0.05, 0.1) is 30.8 Å². The number of hydrogen-bond donors (Lipinski definition) is 1. The van der Waals surface area contributed by atoms with E-state index in [1.165, 1.54) is 5.56 Å². The molecule has 0 aliphatic rings. The number of nitriles is 1. The average Bonchev–Trinajstić information content (AvgIpc) is 3.01. The van der Waals surface area contributed by atoms with E-state index in [1.54, 1.807) is 20.3 Å². The lowest BCUT2D eigenvalue weighted by atomic mass is 10.1. The van der Waals surface area contributed by atoms with Crippen molar-refractivity contribution in [3.05, 3.63) is 51.3 Å². The zero-order chi connectivity index (χ0) is 18.8. The molecule has 0 bridgehead atoms. The second-order valence-corrected chi connectivity index (χ2v) is 6.86. The Balaban J connectivity index is 2.15. The van der Waals surface area contributed by atoms with Gasteiger partial charge >= 0.3 is 0 Å². The minimum absolute atomic E-state index is 0.412. The van der Waals surface area contributed by atoms with Crippen molar-refractivity contribution in [1.29, 1.82) is 5.26 Å². The first-order chi connectivity index (χ1) is 12.5. The molecule has 0 aliphatic carbocycles. The molecular formula is C20H18BrN3O2. The van der Waals surface area contributed by atoms with E-state index in [-0.39, 0.29) is 0 Å². The second kappa shape index (κ2) is 7.22. The fourth-order valence-electron chi connectivity index (χ4n) is 2.77. The molecule has 0 amide bonds. The number of allylic oxidation sites excluding steroid dienone is 1. The van der Waals surface area contributed by atoms with E-state index in [2.05, 4.69) is 38.9 Å². The number of H-pyrrole nitrogens is 1. The predicted molar refractivity (Wildman–Crippen MR) is 106 cm³/mol. The molecule has 0 radical (unpaired) electrons. The van der Waals surface area contributed by atoms with E-state index in [4.69, 9.17) is 9.47 Å². The highest BCUT2D eigenvalue weighted by molar-refractivity contribution is 9.10. The van der Waals surface area contributed by atoms with Gasteiger partial charge in [0.25, 0.3) is 0 Å². The zero-order valence-electron chi connectivity index (χ0n) is 15.0. The first kappa shape index (κ1) is 18.0. The average molecular weight is 412 g/mol. The van der Waals surface area contributed by atoms with E-state index in [0.717, 1.165) is 26.6 Å².